The van der Waals surface area contributed by atoms with Crippen molar-refractivity contribution in [2.75, 3.05) is 13.2 Å². The number of ether oxygens (including phenoxy) is 2. The molecule has 2 aliphatic rings. The van der Waals surface area contributed by atoms with E-state index in [1.54, 1.807) is 6.08 Å². The van der Waals surface area contributed by atoms with Crippen molar-refractivity contribution >= 4 is 18.0 Å². The lowest BCUT2D eigenvalue weighted by Gasteiger charge is -2.28. The smallest absolute Gasteiger partial charge is 0.329 e. The molecule has 1 heterocycles. The zero-order chi connectivity index (χ0) is 18.5. The maximum absolute atomic E-state index is 12.7. The molecule has 0 unspecified atom stereocenters. The first-order valence-corrected chi connectivity index (χ1v) is 9.40. The van der Waals surface area contributed by atoms with Crippen LogP contribution < -0.4 is 14.8 Å². The van der Waals surface area contributed by atoms with E-state index in [0.29, 0.717) is 30.4 Å². The summed E-state index contributed by atoms with van der Waals surface area (Å²) in [6.45, 7) is 4.89. The van der Waals surface area contributed by atoms with E-state index in [4.69, 9.17) is 9.47 Å². The summed E-state index contributed by atoms with van der Waals surface area (Å²) in [4.78, 5) is 26.4. The number of amides is 3. The number of nitrogens with one attached hydrogen (secondary N) is 1. The van der Waals surface area contributed by atoms with Gasteiger partial charge in [0.1, 0.15) is 5.70 Å². The van der Waals surface area contributed by atoms with Gasteiger partial charge in [0.15, 0.2) is 11.5 Å². The highest BCUT2D eigenvalue weighted by Gasteiger charge is 2.38. The van der Waals surface area contributed by atoms with E-state index in [0.717, 1.165) is 31.2 Å². The summed E-state index contributed by atoms with van der Waals surface area (Å²) in [5, 5.41) is 2.72. The van der Waals surface area contributed by atoms with Crippen LogP contribution in [-0.4, -0.2) is 36.1 Å². The number of hydrogen-bond donors (Lipinski definition) is 1. The summed E-state index contributed by atoms with van der Waals surface area (Å²) < 4.78 is 11.2. The van der Waals surface area contributed by atoms with Crippen LogP contribution in [0, 0.1) is 0 Å². The van der Waals surface area contributed by atoms with Crippen molar-refractivity contribution in [2.45, 2.75) is 52.0 Å². The Morgan fingerprint density at radius 3 is 2.46 bits per heavy atom. The van der Waals surface area contributed by atoms with Gasteiger partial charge in [-0.05, 0) is 50.5 Å². The highest BCUT2D eigenvalue weighted by molar-refractivity contribution is 6.14. The second-order valence-corrected chi connectivity index (χ2v) is 6.53. The quantitative estimate of drug-likeness (QED) is 0.622. The second kappa shape index (κ2) is 8.25. The van der Waals surface area contributed by atoms with Gasteiger partial charge < -0.3 is 14.8 Å². The van der Waals surface area contributed by atoms with Crippen LogP contribution in [0.25, 0.3) is 6.08 Å². The van der Waals surface area contributed by atoms with Crippen LogP contribution in [0.3, 0.4) is 0 Å². The summed E-state index contributed by atoms with van der Waals surface area (Å²) in [6.07, 6.45) is 6.79. The first-order chi connectivity index (χ1) is 12.6. The predicted octanol–water partition coefficient (Wildman–Crippen LogP) is 3.71. The van der Waals surface area contributed by atoms with E-state index >= 15 is 0 Å². The van der Waals surface area contributed by atoms with Crippen LogP contribution in [0.5, 0.6) is 11.5 Å². The van der Waals surface area contributed by atoms with Crippen molar-refractivity contribution in [1.82, 2.24) is 10.2 Å². The number of hydrogen-bond acceptors (Lipinski definition) is 4. The zero-order valence-electron chi connectivity index (χ0n) is 15.4. The average molecular weight is 358 g/mol. The molecule has 1 saturated heterocycles. The van der Waals surface area contributed by atoms with Gasteiger partial charge in [-0.3, -0.25) is 9.69 Å². The third-order valence-corrected chi connectivity index (χ3v) is 4.73. The van der Waals surface area contributed by atoms with Gasteiger partial charge in [-0.25, -0.2) is 4.79 Å². The number of carbonyl (C=O) groups is 2. The van der Waals surface area contributed by atoms with Crippen molar-refractivity contribution in [3.05, 3.63) is 29.5 Å². The molecule has 1 aliphatic heterocycles. The Morgan fingerprint density at radius 1 is 1.08 bits per heavy atom. The summed E-state index contributed by atoms with van der Waals surface area (Å²) in [6, 6.07) is 5.19. The molecule has 3 rings (SSSR count). The van der Waals surface area contributed by atoms with Crippen LogP contribution in [-0.2, 0) is 4.79 Å². The molecule has 1 aliphatic carbocycles. The van der Waals surface area contributed by atoms with Crippen molar-refractivity contribution in [2.24, 2.45) is 0 Å². The molecule has 1 aromatic carbocycles. The molecule has 26 heavy (non-hydrogen) atoms. The lowest BCUT2D eigenvalue weighted by Crippen LogP contribution is -2.41. The summed E-state index contributed by atoms with van der Waals surface area (Å²) in [5.74, 6) is 1.06. The number of nitrogens with zero attached hydrogens (tertiary/aromatic N) is 1. The van der Waals surface area contributed by atoms with E-state index in [1.807, 2.05) is 32.0 Å². The van der Waals surface area contributed by atoms with Gasteiger partial charge in [0, 0.05) is 6.04 Å². The third-order valence-electron chi connectivity index (χ3n) is 4.73. The molecule has 2 fully saturated rings. The van der Waals surface area contributed by atoms with Gasteiger partial charge in [0.25, 0.3) is 5.91 Å². The molecule has 0 atom stereocenters. The molecule has 1 aromatic rings. The normalized spacial score (nSPS) is 19.8. The molecular weight excluding hydrogens is 332 g/mol. The van der Waals surface area contributed by atoms with Crippen LogP contribution in [0.2, 0.25) is 0 Å². The van der Waals surface area contributed by atoms with Crippen LogP contribution in [0.1, 0.15) is 51.5 Å². The summed E-state index contributed by atoms with van der Waals surface area (Å²) in [5.41, 5.74) is 1.10. The largest absolute Gasteiger partial charge is 0.490 e. The molecule has 1 saturated carbocycles. The lowest BCUT2D eigenvalue weighted by molar-refractivity contribution is -0.124. The fourth-order valence-electron chi connectivity index (χ4n) is 3.54. The number of carbonyl (C=O) groups excluding carboxylic acids is 2. The summed E-state index contributed by atoms with van der Waals surface area (Å²) >= 11 is 0. The van der Waals surface area contributed by atoms with Gasteiger partial charge in [-0.1, -0.05) is 25.3 Å². The average Bonchev–Trinajstić information content (AvgIpc) is 2.92. The molecule has 0 radical (unpaired) electrons. The highest BCUT2D eigenvalue weighted by atomic mass is 16.5. The first-order valence-electron chi connectivity index (χ1n) is 9.40. The fraction of sp³-hybridized carbons (Fsp3) is 0.500. The van der Waals surface area contributed by atoms with Crippen molar-refractivity contribution in [3.63, 3.8) is 0 Å². The maximum Gasteiger partial charge on any atom is 0.329 e. The molecule has 0 aromatic heterocycles. The molecule has 6 heteroatoms. The van der Waals surface area contributed by atoms with E-state index in [2.05, 4.69) is 5.32 Å². The van der Waals surface area contributed by atoms with Gasteiger partial charge in [-0.2, -0.15) is 0 Å². The van der Waals surface area contributed by atoms with E-state index in [1.165, 1.54) is 11.3 Å². The number of rotatable bonds is 6. The minimum absolute atomic E-state index is 0.0152. The van der Waals surface area contributed by atoms with E-state index in [9.17, 15) is 9.59 Å². The van der Waals surface area contributed by atoms with Crippen molar-refractivity contribution < 1.29 is 19.1 Å². The van der Waals surface area contributed by atoms with E-state index < -0.39 is 0 Å². The molecular formula is C20H26N2O4. The maximum atomic E-state index is 12.7. The summed E-state index contributed by atoms with van der Waals surface area (Å²) in [7, 11) is 0. The molecule has 3 amide bonds. The van der Waals surface area contributed by atoms with Crippen LogP contribution >= 0.6 is 0 Å². The third kappa shape index (κ3) is 3.84. The Morgan fingerprint density at radius 2 is 1.77 bits per heavy atom. The first kappa shape index (κ1) is 18.3. The Hall–Kier alpha value is -2.50. The minimum Gasteiger partial charge on any atom is -0.490 e. The van der Waals surface area contributed by atoms with Crippen molar-refractivity contribution in [3.8, 4) is 11.5 Å². The number of benzene rings is 1. The van der Waals surface area contributed by atoms with Gasteiger partial charge in [-0.15, -0.1) is 0 Å². The zero-order valence-corrected chi connectivity index (χ0v) is 15.4. The monoisotopic (exact) mass is 358 g/mol. The Kier molecular flexibility index (Phi) is 5.81. The number of urea groups is 1. The SMILES string of the molecule is CCOc1ccc(/C=C2\NC(=O)N(C3CCCCC3)C2=O)cc1OCC. The van der Waals surface area contributed by atoms with Gasteiger partial charge in [0.2, 0.25) is 0 Å². The lowest BCUT2D eigenvalue weighted by atomic mass is 9.94. The van der Waals surface area contributed by atoms with Crippen molar-refractivity contribution in [1.29, 1.82) is 0 Å². The topological polar surface area (TPSA) is 67.9 Å². The van der Waals surface area contributed by atoms with Crippen LogP contribution in [0.15, 0.2) is 23.9 Å². The highest BCUT2D eigenvalue weighted by Crippen LogP contribution is 2.30. The molecule has 0 bridgehead atoms. The minimum atomic E-state index is -0.316. The standard InChI is InChI=1S/C20H26N2O4/c1-3-25-17-11-10-14(13-18(17)26-4-2)12-16-19(23)22(20(24)21-16)15-8-6-5-7-9-15/h10-13,15H,3-9H2,1-2H3,(H,21,24)/b16-12-. The van der Waals surface area contributed by atoms with Gasteiger partial charge in [0.05, 0.1) is 13.2 Å². The molecule has 0 spiro atoms. The second-order valence-electron chi connectivity index (χ2n) is 6.53. The van der Waals surface area contributed by atoms with E-state index in [-0.39, 0.29) is 18.0 Å². The molecule has 1 N–H and O–H groups in total. The molecule has 6 nitrogen and oxygen atoms in total. The number of imide groups is 1. The van der Waals surface area contributed by atoms with Crippen LogP contribution in [0.4, 0.5) is 4.79 Å². The Labute approximate surface area is 154 Å². The fourth-order valence-corrected chi connectivity index (χ4v) is 3.54. The van der Waals surface area contributed by atoms with Gasteiger partial charge >= 0.3 is 6.03 Å². The Bertz CT molecular complexity index is 708. The Balaban J connectivity index is 1.82. The predicted molar refractivity (Wildman–Crippen MR) is 99.0 cm³/mol. The molecule has 140 valence electrons.